The van der Waals surface area contributed by atoms with Crippen molar-refractivity contribution in [3.8, 4) is 0 Å². The lowest BCUT2D eigenvalue weighted by atomic mass is 9.85. The molecule has 1 saturated carbocycles. The smallest absolute Gasteiger partial charge is 0.316 e. The van der Waals surface area contributed by atoms with Crippen molar-refractivity contribution in [3.05, 3.63) is 0 Å². The van der Waals surface area contributed by atoms with Gasteiger partial charge in [-0.1, -0.05) is 26.7 Å². The summed E-state index contributed by atoms with van der Waals surface area (Å²) in [5, 5.41) is 3.33. The second-order valence-electron chi connectivity index (χ2n) is 5.81. The van der Waals surface area contributed by atoms with Crippen molar-refractivity contribution in [1.82, 2.24) is 10.2 Å². The monoisotopic (exact) mass is 280 g/mol. The number of rotatable bonds is 8. The molecule has 0 aromatic heterocycles. The number of alkyl halides is 3. The second-order valence-corrected chi connectivity index (χ2v) is 5.81. The van der Waals surface area contributed by atoms with Crippen LogP contribution in [0.5, 0.6) is 0 Å². The highest BCUT2D eigenvalue weighted by Gasteiger charge is 2.38. The molecule has 1 fully saturated rings. The zero-order valence-electron chi connectivity index (χ0n) is 12.2. The van der Waals surface area contributed by atoms with Gasteiger partial charge in [0.05, 0.1) is 6.54 Å². The molecule has 0 spiro atoms. The van der Waals surface area contributed by atoms with Crippen molar-refractivity contribution in [3.63, 3.8) is 0 Å². The minimum Gasteiger partial charge on any atom is -0.316 e. The number of hydrogen-bond acceptors (Lipinski definition) is 2. The van der Waals surface area contributed by atoms with E-state index in [1.54, 1.807) is 4.90 Å². The number of nitrogens with zero attached hydrogens (tertiary/aromatic N) is 1. The van der Waals surface area contributed by atoms with Gasteiger partial charge in [-0.25, -0.2) is 0 Å². The molecule has 1 aliphatic carbocycles. The van der Waals surface area contributed by atoms with Gasteiger partial charge >= 0.3 is 6.18 Å². The van der Waals surface area contributed by atoms with E-state index in [0.29, 0.717) is 13.1 Å². The average molecular weight is 280 g/mol. The molecule has 0 amide bonds. The maximum absolute atomic E-state index is 12.6. The molecule has 1 rings (SSSR count). The minimum absolute atomic E-state index is 0.0520. The van der Waals surface area contributed by atoms with E-state index in [9.17, 15) is 13.2 Å². The Labute approximate surface area is 114 Å². The van der Waals surface area contributed by atoms with Crippen molar-refractivity contribution in [2.24, 2.45) is 5.41 Å². The van der Waals surface area contributed by atoms with E-state index < -0.39 is 12.7 Å². The van der Waals surface area contributed by atoms with Gasteiger partial charge in [0.15, 0.2) is 0 Å². The highest BCUT2D eigenvalue weighted by Crippen LogP contribution is 2.38. The lowest BCUT2D eigenvalue weighted by Gasteiger charge is -2.36. The third-order valence-corrected chi connectivity index (χ3v) is 3.92. The topological polar surface area (TPSA) is 15.3 Å². The fourth-order valence-corrected chi connectivity index (χ4v) is 3.16. The van der Waals surface area contributed by atoms with E-state index >= 15 is 0 Å². The molecule has 1 N–H and O–H groups in total. The summed E-state index contributed by atoms with van der Waals surface area (Å²) in [4.78, 5) is 1.60. The molecule has 0 heterocycles. The van der Waals surface area contributed by atoms with E-state index in [-0.39, 0.29) is 5.41 Å². The van der Waals surface area contributed by atoms with Crippen LogP contribution < -0.4 is 5.32 Å². The SMILES string of the molecule is CCCN(CC(F)(F)F)CC1(CNCC)CCCC1. The fourth-order valence-electron chi connectivity index (χ4n) is 3.16. The molecule has 1 aliphatic rings. The molecule has 19 heavy (non-hydrogen) atoms. The van der Waals surface area contributed by atoms with E-state index in [4.69, 9.17) is 0 Å². The van der Waals surface area contributed by atoms with Gasteiger partial charge in [-0.05, 0) is 37.8 Å². The number of nitrogens with one attached hydrogen (secondary N) is 1. The van der Waals surface area contributed by atoms with Crippen LogP contribution in [-0.2, 0) is 0 Å². The third kappa shape index (κ3) is 6.13. The predicted octanol–water partition coefficient (Wildman–Crippen LogP) is 3.43. The summed E-state index contributed by atoms with van der Waals surface area (Å²) < 4.78 is 37.9. The van der Waals surface area contributed by atoms with Crippen LogP contribution in [0.25, 0.3) is 0 Å². The first-order chi connectivity index (χ1) is 8.91. The van der Waals surface area contributed by atoms with Crippen molar-refractivity contribution in [2.45, 2.75) is 52.1 Å². The van der Waals surface area contributed by atoms with Crippen LogP contribution in [0.4, 0.5) is 13.2 Å². The average Bonchev–Trinajstić information content (AvgIpc) is 2.73. The lowest BCUT2D eigenvalue weighted by molar-refractivity contribution is -0.149. The molecule has 114 valence electrons. The molecular formula is C14H27F3N2. The highest BCUT2D eigenvalue weighted by molar-refractivity contribution is 4.89. The summed E-state index contributed by atoms with van der Waals surface area (Å²) in [5.41, 5.74) is 0.0520. The Kier molecular flexibility index (Phi) is 6.60. The normalized spacial score (nSPS) is 19.3. The van der Waals surface area contributed by atoms with Gasteiger partial charge in [0.2, 0.25) is 0 Å². The van der Waals surface area contributed by atoms with Crippen LogP contribution in [0.2, 0.25) is 0 Å². The standard InChI is InChI=1S/C14H27F3N2/c1-3-9-19(12-14(15,16)17)11-13(10-18-4-2)7-5-6-8-13/h18H,3-12H2,1-2H3. The second kappa shape index (κ2) is 7.48. The Morgan fingerprint density at radius 1 is 1.16 bits per heavy atom. The quantitative estimate of drug-likeness (QED) is 0.733. The summed E-state index contributed by atoms with van der Waals surface area (Å²) >= 11 is 0. The highest BCUT2D eigenvalue weighted by atomic mass is 19.4. The minimum atomic E-state index is -4.09. The summed E-state index contributed by atoms with van der Waals surface area (Å²) in [6.07, 6.45) is 1.09. The van der Waals surface area contributed by atoms with Gasteiger partial charge in [0.1, 0.15) is 0 Å². The Morgan fingerprint density at radius 2 is 1.79 bits per heavy atom. The van der Waals surface area contributed by atoms with Gasteiger partial charge in [-0.15, -0.1) is 0 Å². The van der Waals surface area contributed by atoms with Crippen LogP contribution >= 0.6 is 0 Å². The molecule has 2 nitrogen and oxygen atoms in total. The zero-order chi connectivity index (χ0) is 14.4. The summed E-state index contributed by atoms with van der Waals surface area (Å²) in [5.74, 6) is 0. The molecule has 0 radical (unpaired) electrons. The molecule has 5 heteroatoms. The Morgan fingerprint density at radius 3 is 2.26 bits per heavy atom. The first-order valence-electron chi connectivity index (χ1n) is 7.40. The van der Waals surface area contributed by atoms with E-state index in [0.717, 1.165) is 45.2 Å². The molecule has 0 saturated heterocycles. The van der Waals surface area contributed by atoms with E-state index in [1.807, 2.05) is 13.8 Å². The van der Waals surface area contributed by atoms with Crippen LogP contribution in [0, 0.1) is 5.41 Å². The molecule has 0 unspecified atom stereocenters. The van der Waals surface area contributed by atoms with E-state index in [2.05, 4.69) is 5.32 Å². The molecular weight excluding hydrogens is 253 g/mol. The fraction of sp³-hybridized carbons (Fsp3) is 1.00. The van der Waals surface area contributed by atoms with Gasteiger partial charge in [-0.2, -0.15) is 13.2 Å². The molecule has 0 aliphatic heterocycles. The Hall–Kier alpha value is -0.290. The number of hydrogen-bond donors (Lipinski definition) is 1. The molecule has 0 bridgehead atoms. The number of halogens is 3. The predicted molar refractivity (Wildman–Crippen MR) is 72.2 cm³/mol. The Balaban J connectivity index is 2.62. The third-order valence-electron chi connectivity index (χ3n) is 3.92. The largest absolute Gasteiger partial charge is 0.401 e. The Bertz CT molecular complexity index is 248. The van der Waals surface area contributed by atoms with Gasteiger partial charge in [0, 0.05) is 13.1 Å². The van der Waals surface area contributed by atoms with Crippen molar-refractivity contribution in [1.29, 1.82) is 0 Å². The lowest BCUT2D eigenvalue weighted by Crippen LogP contribution is -2.45. The molecule has 0 atom stereocenters. The van der Waals surface area contributed by atoms with Crippen LogP contribution in [0.3, 0.4) is 0 Å². The first kappa shape index (κ1) is 16.8. The maximum atomic E-state index is 12.6. The molecule has 0 aromatic rings. The van der Waals surface area contributed by atoms with Gasteiger partial charge in [-0.3, -0.25) is 4.90 Å². The maximum Gasteiger partial charge on any atom is 0.401 e. The van der Waals surface area contributed by atoms with Crippen molar-refractivity contribution in [2.75, 3.05) is 32.7 Å². The van der Waals surface area contributed by atoms with Crippen LogP contribution in [-0.4, -0.2) is 43.8 Å². The van der Waals surface area contributed by atoms with Crippen LogP contribution in [0.1, 0.15) is 46.0 Å². The summed E-state index contributed by atoms with van der Waals surface area (Å²) in [6.45, 7) is 6.06. The zero-order valence-corrected chi connectivity index (χ0v) is 12.2. The first-order valence-corrected chi connectivity index (χ1v) is 7.40. The summed E-state index contributed by atoms with van der Waals surface area (Å²) in [7, 11) is 0. The van der Waals surface area contributed by atoms with Crippen molar-refractivity contribution >= 4 is 0 Å². The van der Waals surface area contributed by atoms with Gasteiger partial charge in [0.25, 0.3) is 0 Å². The summed E-state index contributed by atoms with van der Waals surface area (Å²) in [6, 6.07) is 0. The van der Waals surface area contributed by atoms with Crippen molar-refractivity contribution < 1.29 is 13.2 Å². The molecule has 0 aromatic carbocycles. The van der Waals surface area contributed by atoms with Gasteiger partial charge < -0.3 is 5.32 Å². The van der Waals surface area contributed by atoms with Crippen LogP contribution in [0.15, 0.2) is 0 Å². The van der Waals surface area contributed by atoms with E-state index in [1.165, 1.54) is 0 Å².